The molecule has 3 N–H and O–H groups in total. The van der Waals surface area contributed by atoms with Crippen molar-refractivity contribution in [3.63, 3.8) is 0 Å². The maximum absolute atomic E-state index is 12.1. The number of carbonyl (C=O) groups excluding carboxylic acids is 2. The number of rotatable bonds is 21. The number of aromatic nitrogens is 1. The number of hydrogen-bond acceptors (Lipinski definition) is 9. The lowest BCUT2D eigenvalue weighted by Gasteiger charge is -2.09. The van der Waals surface area contributed by atoms with Gasteiger partial charge in [0.05, 0.1) is 63.1 Å². The van der Waals surface area contributed by atoms with Gasteiger partial charge in [-0.05, 0) is 55.8 Å². The van der Waals surface area contributed by atoms with Gasteiger partial charge in [-0.25, -0.2) is 4.98 Å². The molecule has 0 radical (unpaired) electrons. The molecular weight excluding hydrogens is 544 g/mol. The molecule has 224 valence electrons. The fraction of sp³-hybridized carbons (Fsp3) is 0.500. The molecule has 2 aromatic carbocycles. The summed E-state index contributed by atoms with van der Waals surface area (Å²) in [6, 6.07) is 14.4. The number of anilines is 1. The first-order valence-electron chi connectivity index (χ1n) is 14.1. The zero-order valence-corrected chi connectivity index (χ0v) is 24.9. The number of benzene rings is 2. The van der Waals surface area contributed by atoms with Crippen molar-refractivity contribution in [2.24, 2.45) is 0 Å². The summed E-state index contributed by atoms with van der Waals surface area (Å²) >= 11 is 1.69. The minimum Gasteiger partial charge on any atom is -0.385 e. The van der Waals surface area contributed by atoms with Gasteiger partial charge in [-0.2, -0.15) is 0 Å². The van der Waals surface area contributed by atoms with Gasteiger partial charge in [-0.3, -0.25) is 9.59 Å². The molecular formula is C30H42N4O6S. The molecule has 11 heteroatoms. The van der Waals surface area contributed by atoms with Crippen molar-refractivity contribution >= 4 is 39.1 Å². The molecule has 0 bridgehead atoms. The minimum atomic E-state index is -0.0240. The van der Waals surface area contributed by atoms with Crippen molar-refractivity contribution in [3.05, 3.63) is 48.0 Å². The minimum absolute atomic E-state index is 0.00552. The van der Waals surface area contributed by atoms with Crippen LogP contribution in [0.2, 0.25) is 0 Å². The van der Waals surface area contributed by atoms with Gasteiger partial charge in [-0.1, -0.05) is 6.07 Å². The summed E-state index contributed by atoms with van der Waals surface area (Å²) in [6.07, 6.45) is 0.738. The zero-order chi connectivity index (χ0) is 29.1. The van der Waals surface area contributed by atoms with Crippen LogP contribution in [0.25, 0.3) is 20.8 Å². The van der Waals surface area contributed by atoms with Gasteiger partial charge in [0, 0.05) is 43.7 Å². The highest BCUT2D eigenvalue weighted by Gasteiger charge is 2.07. The summed E-state index contributed by atoms with van der Waals surface area (Å²) in [4.78, 5) is 28.1. The van der Waals surface area contributed by atoms with Crippen molar-refractivity contribution in [2.75, 3.05) is 77.8 Å². The average Bonchev–Trinajstić information content (AvgIpc) is 3.39. The molecule has 2 amide bonds. The zero-order valence-electron chi connectivity index (χ0n) is 24.0. The molecule has 0 spiro atoms. The van der Waals surface area contributed by atoms with Gasteiger partial charge in [-0.15, -0.1) is 11.3 Å². The molecule has 0 aliphatic rings. The Morgan fingerprint density at radius 3 is 2.07 bits per heavy atom. The van der Waals surface area contributed by atoms with Crippen LogP contribution in [0, 0.1) is 6.92 Å². The molecule has 0 saturated heterocycles. The number of nitrogens with zero attached hydrogens (tertiary/aromatic N) is 1. The van der Waals surface area contributed by atoms with Crippen molar-refractivity contribution in [1.29, 1.82) is 0 Å². The number of nitrogens with one attached hydrogen (secondary N) is 3. The predicted molar refractivity (Wildman–Crippen MR) is 162 cm³/mol. The van der Waals surface area contributed by atoms with Crippen LogP contribution in [0.5, 0.6) is 0 Å². The van der Waals surface area contributed by atoms with Crippen molar-refractivity contribution in [2.45, 2.75) is 26.7 Å². The molecule has 1 aromatic heterocycles. The normalized spacial score (nSPS) is 11.1. The molecule has 41 heavy (non-hydrogen) atoms. The Morgan fingerprint density at radius 2 is 1.39 bits per heavy atom. The highest BCUT2D eigenvalue weighted by atomic mass is 32.1. The molecule has 3 aromatic rings. The Kier molecular flexibility index (Phi) is 15.1. The predicted octanol–water partition coefficient (Wildman–Crippen LogP) is 3.78. The molecule has 0 saturated carbocycles. The maximum atomic E-state index is 12.1. The van der Waals surface area contributed by atoms with Gasteiger partial charge >= 0.3 is 0 Å². The Labute approximate surface area is 246 Å². The fourth-order valence-electron chi connectivity index (χ4n) is 3.77. The standard InChI is InChI=1S/C30H42N4O6S/c1-3-31-29(36)11-14-37-16-18-39-20-21-40-19-17-38-15-13-33-28(35)10-12-32-25-7-5-24(6-8-25)30-34-26-9-4-23(2)22-27(26)41-30/h4-9,22,32H,3,10-21H2,1-2H3,(H,31,36)(H,33,35). The average molecular weight is 587 g/mol. The smallest absolute Gasteiger partial charge is 0.222 e. The summed E-state index contributed by atoms with van der Waals surface area (Å²) in [5.74, 6) is -0.0295. The van der Waals surface area contributed by atoms with Crippen LogP contribution in [0.1, 0.15) is 25.3 Å². The first-order valence-corrected chi connectivity index (χ1v) is 14.9. The number of carbonyl (C=O) groups is 2. The number of fused-ring (bicyclic) bond motifs is 1. The second-order valence-corrected chi connectivity index (χ2v) is 10.3. The number of ether oxygens (including phenoxy) is 4. The molecule has 0 aliphatic carbocycles. The van der Waals surface area contributed by atoms with Gasteiger partial charge in [0.25, 0.3) is 0 Å². The third-order valence-electron chi connectivity index (χ3n) is 5.89. The lowest BCUT2D eigenvalue weighted by atomic mass is 10.2. The van der Waals surface area contributed by atoms with E-state index in [4.69, 9.17) is 23.9 Å². The molecule has 0 aliphatic heterocycles. The van der Waals surface area contributed by atoms with Gasteiger partial charge < -0.3 is 34.9 Å². The van der Waals surface area contributed by atoms with E-state index in [1.165, 1.54) is 10.3 Å². The SMILES string of the molecule is CCNC(=O)CCOCCOCCOCCOCCNC(=O)CCNc1ccc(-c2nc3ccc(C)cc3s2)cc1. The monoisotopic (exact) mass is 586 g/mol. The van der Waals surface area contributed by atoms with E-state index in [2.05, 4.69) is 53.2 Å². The first kappa shape index (κ1) is 32.4. The quantitative estimate of drug-likeness (QED) is 0.161. The molecule has 3 rings (SSSR count). The van der Waals surface area contributed by atoms with Crippen molar-refractivity contribution in [3.8, 4) is 10.6 Å². The van der Waals surface area contributed by atoms with Crippen LogP contribution in [0.4, 0.5) is 5.69 Å². The Hall–Kier alpha value is -3.09. The van der Waals surface area contributed by atoms with E-state index in [9.17, 15) is 9.59 Å². The van der Waals surface area contributed by atoms with E-state index in [1.807, 2.05) is 19.1 Å². The third kappa shape index (κ3) is 13.0. The first-order chi connectivity index (χ1) is 20.0. The van der Waals surface area contributed by atoms with Crippen LogP contribution < -0.4 is 16.0 Å². The molecule has 0 unspecified atom stereocenters. The van der Waals surface area contributed by atoms with E-state index in [1.54, 1.807) is 11.3 Å². The lowest BCUT2D eigenvalue weighted by Crippen LogP contribution is -2.29. The molecule has 0 fully saturated rings. The Balaban J connectivity index is 1.12. The lowest BCUT2D eigenvalue weighted by molar-refractivity contribution is -0.122. The van der Waals surface area contributed by atoms with Crippen LogP contribution in [0.15, 0.2) is 42.5 Å². The summed E-state index contributed by atoms with van der Waals surface area (Å²) in [5, 5.41) is 9.88. The highest BCUT2D eigenvalue weighted by molar-refractivity contribution is 7.21. The van der Waals surface area contributed by atoms with E-state index in [0.29, 0.717) is 85.3 Å². The second kappa shape index (κ2) is 19.1. The van der Waals surface area contributed by atoms with E-state index in [-0.39, 0.29) is 11.8 Å². The summed E-state index contributed by atoms with van der Waals surface area (Å²) in [5.41, 5.74) is 4.31. The number of aryl methyl sites for hydroxylation is 1. The van der Waals surface area contributed by atoms with Crippen molar-refractivity contribution in [1.82, 2.24) is 15.6 Å². The highest BCUT2D eigenvalue weighted by Crippen LogP contribution is 2.31. The number of hydrogen-bond donors (Lipinski definition) is 3. The van der Waals surface area contributed by atoms with Crippen LogP contribution in [-0.2, 0) is 28.5 Å². The molecule has 0 atom stereocenters. The maximum Gasteiger partial charge on any atom is 0.222 e. The Morgan fingerprint density at radius 1 is 0.756 bits per heavy atom. The van der Waals surface area contributed by atoms with Gasteiger partial charge in [0.2, 0.25) is 11.8 Å². The van der Waals surface area contributed by atoms with E-state index >= 15 is 0 Å². The third-order valence-corrected chi connectivity index (χ3v) is 6.96. The summed E-state index contributed by atoms with van der Waals surface area (Å²) in [7, 11) is 0. The number of thiazole rings is 1. The van der Waals surface area contributed by atoms with Gasteiger partial charge in [0.15, 0.2) is 0 Å². The van der Waals surface area contributed by atoms with Crippen LogP contribution >= 0.6 is 11.3 Å². The second-order valence-electron chi connectivity index (χ2n) is 9.25. The fourth-order valence-corrected chi connectivity index (χ4v) is 4.84. The molecule has 1 heterocycles. The van der Waals surface area contributed by atoms with Crippen LogP contribution in [-0.4, -0.2) is 89.3 Å². The van der Waals surface area contributed by atoms with E-state index < -0.39 is 0 Å². The molecule has 10 nitrogen and oxygen atoms in total. The topological polar surface area (TPSA) is 120 Å². The number of amides is 2. The Bertz CT molecular complexity index is 1190. The van der Waals surface area contributed by atoms with E-state index in [0.717, 1.165) is 21.8 Å². The largest absolute Gasteiger partial charge is 0.385 e. The summed E-state index contributed by atoms with van der Waals surface area (Å²) < 4.78 is 22.9. The van der Waals surface area contributed by atoms with Crippen LogP contribution in [0.3, 0.4) is 0 Å². The van der Waals surface area contributed by atoms with Gasteiger partial charge in [0.1, 0.15) is 5.01 Å². The van der Waals surface area contributed by atoms with Crippen molar-refractivity contribution < 1.29 is 28.5 Å². The summed E-state index contributed by atoms with van der Waals surface area (Å²) in [6.45, 7) is 9.18.